The highest BCUT2D eigenvalue weighted by Gasteiger charge is 2.21. The molecule has 3 aromatic carbocycles. The van der Waals surface area contributed by atoms with Gasteiger partial charge < -0.3 is 14.7 Å². The lowest BCUT2D eigenvalue weighted by Gasteiger charge is -2.37. The zero-order valence-electron chi connectivity index (χ0n) is 17.1. The Hall–Kier alpha value is -1.98. The molecule has 0 spiro atoms. The molecule has 160 valence electrons. The average molecular weight is 447 g/mol. The van der Waals surface area contributed by atoms with Crippen molar-refractivity contribution in [2.45, 2.75) is 13.0 Å². The molecule has 1 aliphatic rings. The van der Waals surface area contributed by atoms with Crippen LogP contribution in [0.5, 0.6) is 5.75 Å². The number of anilines is 1. The van der Waals surface area contributed by atoms with Crippen molar-refractivity contribution in [3.63, 3.8) is 0 Å². The molecule has 0 aromatic heterocycles. The second-order valence-electron chi connectivity index (χ2n) is 7.66. The number of β-amino-alcohol motifs (C(OH)–C–C–N with tert-alkyl or cyclic N) is 1. The number of fused-ring (bicyclic) bond motifs is 1. The van der Waals surface area contributed by atoms with Crippen LogP contribution in [0.1, 0.15) is 5.56 Å². The van der Waals surface area contributed by atoms with Gasteiger partial charge in [-0.05, 0) is 36.1 Å². The summed E-state index contributed by atoms with van der Waals surface area (Å²) in [6.07, 6.45) is -0.520. The first-order valence-corrected chi connectivity index (χ1v) is 10.5. The number of rotatable bonds is 6. The van der Waals surface area contributed by atoms with Crippen molar-refractivity contribution >= 4 is 40.5 Å². The number of aryl methyl sites for hydroxylation is 1. The molecular weight excluding hydrogens is 419 g/mol. The normalized spacial score (nSPS) is 15.6. The highest BCUT2D eigenvalue weighted by molar-refractivity contribution is 6.30. The van der Waals surface area contributed by atoms with Crippen molar-refractivity contribution in [3.8, 4) is 5.75 Å². The van der Waals surface area contributed by atoms with Gasteiger partial charge in [0.05, 0.1) is 0 Å². The van der Waals surface area contributed by atoms with Crippen molar-refractivity contribution in [1.29, 1.82) is 0 Å². The molecular formula is C24H28Cl2N2O2. The Balaban J connectivity index is 0.00000256. The van der Waals surface area contributed by atoms with Crippen LogP contribution in [-0.2, 0) is 0 Å². The Bertz CT molecular complexity index is 969. The number of aliphatic hydroxyl groups excluding tert-OH is 1. The van der Waals surface area contributed by atoms with Crippen LogP contribution in [0.15, 0.2) is 60.7 Å². The summed E-state index contributed by atoms with van der Waals surface area (Å²) in [6.45, 7) is 6.71. The van der Waals surface area contributed by atoms with Crippen LogP contribution < -0.4 is 9.64 Å². The van der Waals surface area contributed by atoms with Gasteiger partial charge in [0.1, 0.15) is 18.5 Å². The van der Waals surface area contributed by atoms with Crippen LogP contribution in [0, 0.1) is 6.92 Å². The third-order valence-electron chi connectivity index (χ3n) is 5.53. The van der Waals surface area contributed by atoms with E-state index in [0.29, 0.717) is 13.2 Å². The summed E-state index contributed by atoms with van der Waals surface area (Å²) >= 11 is 6.17. The first kappa shape index (κ1) is 22.7. The first-order valence-electron chi connectivity index (χ1n) is 10.1. The second kappa shape index (κ2) is 10.4. The molecule has 0 radical (unpaired) electrons. The van der Waals surface area contributed by atoms with E-state index in [1.807, 2.05) is 42.5 Å². The minimum atomic E-state index is -0.520. The molecule has 1 atom stereocenters. The van der Waals surface area contributed by atoms with Gasteiger partial charge in [-0.3, -0.25) is 4.90 Å². The summed E-state index contributed by atoms with van der Waals surface area (Å²) in [6, 6.07) is 20.2. The number of hydrogen-bond donors (Lipinski definition) is 1. The molecule has 4 rings (SSSR count). The maximum atomic E-state index is 10.5. The van der Waals surface area contributed by atoms with Gasteiger partial charge in [0, 0.05) is 48.8 Å². The molecule has 1 heterocycles. The SMILES string of the molecule is Cc1ccc(Cl)cc1N1CCN(CC(O)COc2cccc3ccccc23)CC1.Cl. The fourth-order valence-electron chi connectivity index (χ4n) is 3.95. The quantitative estimate of drug-likeness (QED) is 0.590. The van der Waals surface area contributed by atoms with Gasteiger partial charge in [-0.2, -0.15) is 0 Å². The zero-order valence-corrected chi connectivity index (χ0v) is 18.7. The lowest BCUT2D eigenvalue weighted by atomic mass is 10.1. The monoisotopic (exact) mass is 446 g/mol. The third kappa shape index (κ3) is 5.38. The van der Waals surface area contributed by atoms with Gasteiger partial charge in [0.15, 0.2) is 0 Å². The number of aliphatic hydroxyl groups is 1. The van der Waals surface area contributed by atoms with Crippen LogP contribution in [0.2, 0.25) is 5.02 Å². The van der Waals surface area contributed by atoms with Crippen LogP contribution in [-0.4, -0.2) is 55.4 Å². The molecule has 4 nitrogen and oxygen atoms in total. The molecule has 1 fully saturated rings. The van der Waals surface area contributed by atoms with E-state index in [-0.39, 0.29) is 12.4 Å². The van der Waals surface area contributed by atoms with Crippen molar-refractivity contribution in [3.05, 3.63) is 71.2 Å². The third-order valence-corrected chi connectivity index (χ3v) is 5.77. The number of ether oxygens (including phenoxy) is 1. The predicted molar refractivity (Wildman–Crippen MR) is 128 cm³/mol. The number of halogens is 2. The second-order valence-corrected chi connectivity index (χ2v) is 8.10. The van der Waals surface area contributed by atoms with Crippen LogP contribution in [0.3, 0.4) is 0 Å². The number of hydrogen-bond acceptors (Lipinski definition) is 4. The van der Waals surface area contributed by atoms with Gasteiger partial charge in [-0.25, -0.2) is 0 Å². The molecule has 30 heavy (non-hydrogen) atoms. The summed E-state index contributed by atoms with van der Waals surface area (Å²) in [4.78, 5) is 4.67. The van der Waals surface area contributed by atoms with Gasteiger partial charge in [0.2, 0.25) is 0 Å². The van der Waals surface area contributed by atoms with E-state index in [1.165, 1.54) is 11.3 Å². The lowest BCUT2D eigenvalue weighted by Crippen LogP contribution is -2.49. The van der Waals surface area contributed by atoms with Crippen LogP contribution >= 0.6 is 24.0 Å². The summed E-state index contributed by atoms with van der Waals surface area (Å²) in [5, 5.41) is 13.5. The van der Waals surface area contributed by atoms with Crippen LogP contribution in [0.4, 0.5) is 5.69 Å². The summed E-state index contributed by atoms with van der Waals surface area (Å²) in [7, 11) is 0. The molecule has 0 amide bonds. The van der Waals surface area contributed by atoms with Crippen molar-refractivity contribution in [2.24, 2.45) is 0 Å². The number of benzene rings is 3. The Morgan fingerprint density at radius 2 is 1.73 bits per heavy atom. The van der Waals surface area contributed by atoms with E-state index >= 15 is 0 Å². The Morgan fingerprint density at radius 3 is 2.53 bits per heavy atom. The standard InChI is InChI=1S/C24H27ClN2O2.ClH/c1-18-9-10-20(25)15-23(18)27-13-11-26(12-14-27)16-21(28)17-29-24-8-4-6-19-5-2-3-7-22(19)24;/h2-10,15,21,28H,11-14,16-17H2,1H3;1H. The lowest BCUT2D eigenvalue weighted by molar-refractivity contribution is 0.0668. The largest absolute Gasteiger partial charge is 0.490 e. The predicted octanol–water partition coefficient (Wildman–Crippen LogP) is 4.79. The fraction of sp³-hybridized carbons (Fsp3) is 0.333. The van der Waals surface area contributed by atoms with Gasteiger partial charge in [0.25, 0.3) is 0 Å². The van der Waals surface area contributed by atoms with E-state index in [0.717, 1.165) is 47.7 Å². The van der Waals surface area contributed by atoms with Crippen LogP contribution in [0.25, 0.3) is 10.8 Å². The molecule has 1 N–H and O–H groups in total. The minimum Gasteiger partial charge on any atom is -0.490 e. The van der Waals surface area contributed by atoms with E-state index in [1.54, 1.807) is 0 Å². The molecule has 1 unspecified atom stereocenters. The molecule has 3 aromatic rings. The molecule has 0 aliphatic carbocycles. The topological polar surface area (TPSA) is 35.9 Å². The van der Waals surface area contributed by atoms with Gasteiger partial charge in [-0.15, -0.1) is 12.4 Å². The van der Waals surface area contributed by atoms with Crippen molar-refractivity contribution in [2.75, 3.05) is 44.2 Å². The summed E-state index contributed by atoms with van der Waals surface area (Å²) < 4.78 is 5.94. The maximum Gasteiger partial charge on any atom is 0.127 e. The maximum absolute atomic E-state index is 10.5. The fourth-order valence-corrected chi connectivity index (χ4v) is 4.12. The molecule has 1 aliphatic heterocycles. The Kier molecular flexibility index (Phi) is 7.84. The molecule has 6 heteroatoms. The summed E-state index contributed by atoms with van der Waals surface area (Å²) in [5.41, 5.74) is 2.45. The number of nitrogens with zero attached hydrogens (tertiary/aromatic N) is 2. The smallest absolute Gasteiger partial charge is 0.127 e. The molecule has 1 saturated heterocycles. The highest BCUT2D eigenvalue weighted by atomic mass is 35.5. The van der Waals surface area contributed by atoms with Crippen molar-refractivity contribution < 1.29 is 9.84 Å². The van der Waals surface area contributed by atoms with Gasteiger partial charge in [-0.1, -0.05) is 54.1 Å². The first-order chi connectivity index (χ1) is 14.1. The molecule has 0 bridgehead atoms. The van der Waals surface area contributed by atoms with E-state index in [9.17, 15) is 5.11 Å². The average Bonchev–Trinajstić information content (AvgIpc) is 2.74. The van der Waals surface area contributed by atoms with E-state index < -0.39 is 6.10 Å². The Labute approximate surface area is 189 Å². The number of piperazine rings is 1. The van der Waals surface area contributed by atoms with Gasteiger partial charge >= 0.3 is 0 Å². The van der Waals surface area contributed by atoms with Crippen molar-refractivity contribution in [1.82, 2.24) is 4.90 Å². The van der Waals surface area contributed by atoms with E-state index in [2.05, 4.69) is 34.9 Å². The molecule has 0 saturated carbocycles. The summed E-state index contributed by atoms with van der Waals surface area (Å²) in [5.74, 6) is 0.823. The zero-order chi connectivity index (χ0) is 20.2. The Morgan fingerprint density at radius 1 is 1.00 bits per heavy atom. The highest BCUT2D eigenvalue weighted by Crippen LogP contribution is 2.26. The van der Waals surface area contributed by atoms with E-state index in [4.69, 9.17) is 16.3 Å². The minimum absolute atomic E-state index is 0.